The van der Waals surface area contributed by atoms with E-state index in [9.17, 15) is 0 Å². The molecule has 0 heterocycles. The van der Waals surface area contributed by atoms with Crippen molar-refractivity contribution in [3.05, 3.63) is 0 Å². The third-order valence-electron chi connectivity index (χ3n) is 5.08. The van der Waals surface area contributed by atoms with Gasteiger partial charge in [0.1, 0.15) is 0 Å². The molecule has 0 spiro atoms. The fraction of sp³-hybridized carbons (Fsp3) is 0.810. The normalized spacial score (nSPS) is 23.0. The van der Waals surface area contributed by atoms with Crippen LogP contribution >= 0.6 is 0 Å². The monoisotopic (exact) mass is 402 g/mol. The van der Waals surface area contributed by atoms with E-state index in [1.807, 2.05) is 0 Å². The first-order chi connectivity index (χ1) is 14.3. The van der Waals surface area contributed by atoms with Gasteiger partial charge in [0.25, 0.3) is 0 Å². The standard InChI is InChI=1S/C21H30N4O4/c22-5-1-9-26-14-18-13-19(15-27-10-2-6-23)21(17-29-12-4-8-25)20(18)16-28-11-3-7-24/h18-21H,1-4,9-17H2. The summed E-state index contributed by atoms with van der Waals surface area (Å²) in [6, 6.07) is 8.31. The number of hydrogen-bond donors (Lipinski definition) is 0. The highest BCUT2D eigenvalue weighted by atomic mass is 16.5. The average molecular weight is 402 g/mol. The number of ether oxygens (including phenoxy) is 4. The van der Waals surface area contributed by atoms with E-state index in [4.69, 9.17) is 40.0 Å². The molecule has 29 heavy (non-hydrogen) atoms. The van der Waals surface area contributed by atoms with E-state index >= 15 is 0 Å². The number of nitrogens with zero attached hydrogens (tertiary/aromatic N) is 4. The van der Waals surface area contributed by atoms with Crippen LogP contribution in [0, 0.1) is 69.0 Å². The van der Waals surface area contributed by atoms with Gasteiger partial charge in [-0.3, -0.25) is 0 Å². The predicted molar refractivity (Wildman–Crippen MR) is 103 cm³/mol. The van der Waals surface area contributed by atoms with Crippen LogP contribution in [0.15, 0.2) is 0 Å². The molecule has 0 saturated heterocycles. The lowest BCUT2D eigenvalue weighted by Gasteiger charge is -2.27. The first kappa shape index (κ1) is 24.8. The SMILES string of the molecule is N#CCCOCC1CC(COCCC#N)C(COCCC#N)C1COCCC#N. The molecule has 8 nitrogen and oxygen atoms in total. The van der Waals surface area contributed by atoms with E-state index in [1.54, 1.807) is 0 Å². The van der Waals surface area contributed by atoms with Gasteiger partial charge >= 0.3 is 0 Å². The first-order valence-corrected chi connectivity index (χ1v) is 10.1. The lowest BCUT2D eigenvalue weighted by molar-refractivity contribution is -0.000872. The summed E-state index contributed by atoms with van der Waals surface area (Å²) in [6.07, 6.45) is 2.30. The molecule has 0 aromatic heterocycles. The van der Waals surface area contributed by atoms with Crippen LogP contribution in [-0.4, -0.2) is 52.9 Å². The van der Waals surface area contributed by atoms with Crippen LogP contribution in [-0.2, 0) is 18.9 Å². The number of hydrogen-bond acceptors (Lipinski definition) is 8. The van der Waals surface area contributed by atoms with Crippen molar-refractivity contribution in [3.8, 4) is 24.3 Å². The van der Waals surface area contributed by atoms with E-state index in [2.05, 4.69) is 24.3 Å². The summed E-state index contributed by atoms with van der Waals surface area (Å²) >= 11 is 0. The lowest BCUT2D eigenvalue weighted by Crippen LogP contribution is -2.30. The van der Waals surface area contributed by atoms with E-state index < -0.39 is 0 Å². The summed E-state index contributed by atoms with van der Waals surface area (Å²) in [5, 5.41) is 34.8. The van der Waals surface area contributed by atoms with Crippen molar-refractivity contribution in [2.45, 2.75) is 32.1 Å². The first-order valence-electron chi connectivity index (χ1n) is 10.1. The molecule has 158 valence electrons. The van der Waals surface area contributed by atoms with Crippen LogP contribution in [0.5, 0.6) is 0 Å². The van der Waals surface area contributed by atoms with Gasteiger partial charge in [0.2, 0.25) is 0 Å². The Hall–Kier alpha value is -2.20. The third-order valence-corrected chi connectivity index (χ3v) is 5.08. The van der Waals surface area contributed by atoms with Crippen molar-refractivity contribution in [1.29, 1.82) is 21.0 Å². The third kappa shape index (κ3) is 10.2. The van der Waals surface area contributed by atoms with Crippen molar-refractivity contribution < 1.29 is 18.9 Å². The Morgan fingerprint density at radius 2 is 0.828 bits per heavy atom. The second-order valence-electron chi connectivity index (χ2n) is 7.02. The Labute approximate surface area is 173 Å². The van der Waals surface area contributed by atoms with E-state index in [0.717, 1.165) is 6.42 Å². The van der Waals surface area contributed by atoms with Gasteiger partial charge in [-0.25, -0.2) is 0 Å². The fourth-order valence-electron chi connectivity index (χ4n) is 3.72. The van der Waals surface area contributed by atoms with E-state index in [-0.39, 0.29) is 23.7 Å². The highest BCUT2D eigenvalue weighted by Gasteiger charge is 2.43. The molecular weight excluding hydrogens is 372 g/mol. The molecule has 0 aliphatic heterocycles. The molecule has 1 aliphatic rings. The van der Waals surface area contributed by atoms with Gasteiger partial charge in [-0.1, -0.05) is 0 Å². The topological polar surface area (TPSA) is 132 Å². The Bertz CT molecular complexity index is 550. The Morgan fingerprint density at radius 1 is 0.517 bits per heavy atom. The van der Waals surface area contributed by atoms with E-state index in [0.29, 0.717) is 78.5 Å². The summed E-state index contributed by atoms with van der Waals surface area (Å²) in [4.78, 5) is 0. The zero-order valence-corrected chi connectivity index (χ0v) is 16.9. The van der Waals surface area contributed by atoms with Gasteiger partial charge < -0.3 is 18.9 Å². The maximum atomic E-state index is 8.72. The molecule has 1 rings (SSSR count). The zero-order valence-electron chi connectivity index (χ0n) is 16.9. The maximum Gasteiger partial charge on any atom is 0.0645 e. The minimum atomic E-state index is 0.183. The van der Waals surface area contributed by atoms with Gasteiger partial charge in [-0.15, -0.1) is 0 Å². The molecule has 4 atom stereocenters. The smallest absolute Gasteiger partial charge is 0.0645 e. The van der Waals surface area contributed by atoms with Gasteiger partial charge in [0.05, 0.1) is 89.6 Å². The highest BCUT2D eigenvalue weighted by Crippen LogP contribution is 2.42. The van der Waals surface area contributed by atoms with Gasteiger partial charge in [-0.2, -0.15) is 21.0 Å². The van der Waals surface area contributed by atoms with Crippen LogP contribution in [0.2, 0.25) is 0 Å². The predicted octanol–water partition coefficient (Wildman–Crippen LogP) is 2.58. The second kappa shape index (κ2) is 16.7. The van der Waals surface area contributed by atoms with Crippen molar-refractivity contribution in [1.82, 2.24) is 0 Å². The van der Waals surface area contributed by atoms with Crippen LogP contribution < -0.4 is 0 Å². The van der Waals surface area contributed by atoms with Crippen LogP contribution in [0.1, 0.15) is 32.1 Å². The molecule has 8 heteroatoms. The van der Waals surface area contributed by atoms with E-state index in [1.165, 1.54) is 0 Å². The summed E-state index contributed by atoms with van der Waals surface area (Å²) < 4.78 is 22.9. The molecule has 1 aliphatic carbocycles. The van der Waals surface area contributed by atoms with Crippen molar-refractivity contribution >= 4 is 0 Å². The second-order valence-corrected chi connectivity index (χ2v) is 7.02. The Balaban J connectivity index is 2.73. The molecule has 0 amide bonds. The quantitative estimate of drug-likeness (QED) is 0.360. The van der Waals surface area contributed by atoms with Gasteiger partial charge in [-0.05, 0) is 30.1 Å². The molecule has 0 aromatic rings. The maximum absolute atomic E-state index is 8.72. The van der Waals surface area contributed by atoms with Crippen molar-refractivity contribution in [3.63, 3.8) is 0 Å². The Morgan fingerprint density at radius 3 is 1.14 bits per heavy atom. The van der Waals surface area contributed by atoms with Gasteiger partial charge in [0, 0.05) is 13.2 Å². The molecule has 1 fully saturated rings. The fourth-order valence-corrected chi connectivity index (χ4v) is 3.72. The number of nitriles is 4. The van der Waals surface area contributed by atoms with Crippen LogP contribution in [0.25, 0.3) is 0 Å². The van der Waals surface area contributed by atoms with Crippen molar-refractivity contribution in [2.24, 2.45) is 23.7 Å². The largest absolute Gasteiger partial charge is 0.380 e. The average Bonchev–Trinajstić information content (AvgIpc) is 3.05. The Kier molecular flexibility index (Phi) is 14.3. The minimum Gasteiger partial charge on any atom is -0.380 e. The summed E-state index contributed by atoms with van der Waals surface area (Å²) in [5.74, 6) is 0.847. The van der Waals surface area contributed by atoms with Crippen molar-refractivity contribution in [2.75, 3.05) is 52.9 Å². The summed E-state index contributed by atoms with van der Waals surface area (Å²) in [6.45, 7) is 3.68. The lowest BCUT2D eigenvalue weighted by atomic mass is 9.88. The number of rotatable bonds is 16. The van der Waals surface area contributed by atoms with Crippen LogP contribution in [0.3, 0.4) is 0 Å². The molecule has 1 saturated carbocycles. The minimum absolute atomic E-state index is 0.183. The zero-order chi connectivity index (χ0) is 21.2. The highest BCUT2D eigenvalue weighted by molar-refractivity contribution is 4.91. The van der Waals surface area contributed by atoms with Crippen LogP contribution in [0.4, 0.5) is 0 Å². The van der Waals surface area contributed by atoms with Gasteiger partial charge in [0.15, 0.2) is 0 Å². The molecule has 0 N–H and O–H groups in total. The summed E-state index contributed by atoms with van der Waals surface area (Å²) in [5.41, 5.74) is 0. The molecule has 0 bridgehead atoms. The molecule has 0 aromatic carbocycles. The summed E-state index contributed by atoms with van der Waals surface area (Å²) in [7, 11) is 0. The molecule has 4 unspecified atom stereocenters. The molecular formula is C21H30N4O4. The molecule has 0 radical (unpaired) electrons.